The van der Waals surface area contributed by atoms with E-state index in [4.69, 9.17) is 11.6 Å². The topological polar surface area (TPSA) is 49.4 Å². The van der Waals surface area contributed by atoms with Crippen molar-refractivity contribution in [2.24, 2.45) is 5.92 Å². The van der Waals surface area contributed by atoms with Crippen LogP contribution in [0.25, 0.3) is 5.57 Å². The molecular formula is C28H35ClN2O2. The largest absolute Gasteiger partial charge is 0.355 e. The highest BCUT2D eigenvalue weighted by Crippen LogP contribution is 2.28. The van der Waals surface area contributed by atoms with Gasteiger partial charge in [-0.3, -0.25) is 9.59 Å². The normalized spacial score (nSPS) is 16.5. The Labute approximate surface area is 203 Å². The van der Waals surface area contributed by atoms with Crippen LogP contribution in [-0.2, 0) is 9.59 Å². The number of rotatable bonds is 9. The molecule has 1 heterocycles. The predicted molar refractivity (Wildman–Crippen MR) is 138 cm³/mol. The SMILES string of the molecule is CCCC=C(CCNC(=O)C1CCN(c2ccc(C(C)C)cc2)C1=O)c1cc(Cl)ccc1C. The summed E-state index contributed by atoms with van der Waals surface area (Å²) in [6.07, 6.45) is 5.51. The molecule has 1 atom stereocenters. The Kier molecular flexibility index (Phi) is 8.74. The Bertz CT molecular complexity index is 1010. The zero-order valence-corrected chi connectivity index (χ0v) is 20.9. The maximum Gasteiger partial charge on any atom is 0.239 e. The van der Waals surface area contributed by atoms with Gasteiger partial charge in [0.05, 0.1) is 0 Å². The first-order valence-electron chi connectivity index (χ1n) is 12.0. The molecule has 1 aliphatic heterocycles. The van der Waals surface area contributed by atoms with Gasteiger partial charge in [0, 0.05) is 23.8 Å². The van der Waals surface area contributed by atoms with Crippen LogP contribution in [0, 0.1) is 12.8 Å². The van der Waals surface area contributed by atoms with E-state index in [9.17, 15) is 9.59 Å². The van der Waals surface area contributed by atoms with Gasteiger partial charge in [-0.2, -0.15) is 0 Å². The molecular weight excluding hydrogens is 432 g/mol. The predicted octanol–water partition coefficient (Wildman–Crippen LogP) is 6.51. The molecule has 2 aromatic rings. The van der Waals surface area contributed by atoms with Crippen molar-refractivity contribution in [2.75, 3.05) is 18.0 Å². The van der Waals surface area contributed by atoms with Crippen LogP contribution in [0.3, 0.4) is 0 Å². The Morgan fingerprint density at radius 2 is 1.94 bits per heavy atom. The van der Waals surface area contributed by atoms with Crippen LogP contribution in [0.15, 0.2) is 48.5 Å². The number of nitrogens with one attached hydrogen (secondary N) is 1. The highest BCUT2D eigenvalue weighted by atomic mass is 35.5. The highest BCUT2D eigenvalue weighted by molar-refractivity contribution is 6.30. The van der Waals surface area contributed by atoms with Crippen LogP contribution in [0.1, 0.15) is 69.1 Å². The molecule has 2 amide bonds. The molecule has 1 N–H and O–H groups in total. The molecule has 3 rings (SSSR count). The Balaban J connectivity index is 1.60. The van der Waals surface area contributed by atoms with Gasteiger partial charge in [0.1, 0.15) is 5.92 Å². The van der Waals surface area contributed by atoms with Gasteiger partial charge in [-0.1, -0.05) is 63.1 Å². The number of amides is 2. The van der Waals surface area contributed by atoms with Gasteiger partial charge in [0.15, 0.2) is 0 Å². The molecule has 176 valence electrons. The van der Waals surface area contributed by atoms with Gasteiger partial charge >= 0.3 is 0 Å². The Morgan fingerprint density at radius 3 is 2.61 bits per heavy atom. The molecule has 2 aromatic carbocycles. The second kappa shape index (κ2) is 11.5. The minimum Gasteiger partial charge on any atom is -0.355 e. The summed E-state index contributed by atoms with van der Waals surface area (Å²) in [6, 6.07) is 14.0. The van der Waals surface area contributed by atoms with Crippen molar-refractivity contribution in [3.8, 4) is 0 Å². The molecule has 0 aromatic heterocycles. The quantitative estimate of drug-likeness (QED) is 0.428. The number of halogens is 1. The third-order valence-corrected chi connectivity index (χ3v) is 6.55. The molecule has 0 saturated carbocycles. The van der Waals surface area contributed by atoms with Crippen molar-refractivity contribution < 1.29 is 9.59 Å². The first kappa shape index (κ1) is 25.0. The van der Waals surface area contributed by atoms with Gasteiger partial charge in [-0.15, -0.1) is 0 Å². The first-order chi connectivity index (χ1) is 15.8. The van der Waals surface area contributed by atoms with Crippen molar-refractivity contribution in [1.29, 1.82) is 0 Å². The maximum atomic E-state index is 12.9. The van der Waals surface area contributed by atoms with Crippen molar-refractivity contribution in [2.45, 2.75) is 59.3 Å². The lowest BCUT2D eigenvalue weighted by Gasteiger charge is -2.18. The minimum atomic E-state index is -0.620. The van der Waals surface area contributed by atoms with Crippen LogP contribution in [0.5, 0.6) is 0 Å². The molecule has 5 heteroatoms. The van der Waals surface area contributed by atoms with Crippen molar-refractivity contribution >= 4 is 34.7 Å². The van der Waals surface area contributed by atoms with E-state index in [0.717, 1.165) is 29.7 Å². The van der Waals surface area contributed by atoms with Crippen LogP contribution < -0.4 is 10.2 Å². The van der Waals surface area contributed by atoms with Crippen molar-refractivity contribution in [3.05, 3.63) is 70.3 Å². The summed E-state index contributed by atoms with van der Waals surface area (Å²) in [6.45, 7) is 9.58. The fraction of sp³-hybridized carbons (Fsp3) is 0.429. The zero-order valence-electron chi connectivity index (χ0n) is 20.2. The number of hydrogen-bond acceptors (Lipinski definition) is 2. The van der Waals surface area contributed by atoms with Gasteiger partial charge < -0.3 is 10.2 Å². The lowest BCUT2D eigenvalue weighted by molar-refractivity contribution is -0.132. The average molecular weight is 467 g/mol. The molecule has 0 bridgehead atoms. The third kappa shape index (κ3) is 6.26. The smallest absolute Gasteiger partial charge is 0.239 e. The van der Waals surface area contributed by atoms with Crippen LogP contribution >= 0.6 is 11.6 Å². The fourth-order valence-corrected chi connectivity index (χ4v) is 4.44. The van der Waals surface area contributed by atoms with Gasteiger partial charge in [-0.25, -0.2) is 0 Å². The van der Waals surface area contributed by atoms with E-state index >= 15 is 0 Å². The second-order valence-corrected chi connectivity index (χ2v) is 9.53. The van der Waals surface area contributed by atoms with E-state index < -0.39 is 5.92 Å². The number of allylic oxidation sites excluding steroid dienone is 1. The second-order valence-electron chi connectivity index (χ2n) is 9.10. The fourth-order valence-electron chi connectivity index (χ4n) is 4.27. The maximum absolute atomic E-state index is 12.9. The molecule has 1 fully saturated rings. The van der Waals surface area contributed by atoms with Gasteiger partial charge in [0.25, 0.3) is 0 Å². The molecule has 4 nitrogen and oxygen atoms in total. The molecule has 33 heavy (non-hydrogen) atoms. The van der Waals surface area contributed by atoms with E-state index in [1.165, 1.54) is 11.1 Å². The summed E-state index contributed by atoms with van der Waals surface area (Å²) >= 11 is 6.23. The summed E-state index contributed by atoms with van der Waals surface area (Å²) in [4.78, 5) is 27.5. The number of hydrogen-bond donors (Lipinski definition) is 1. The number of nitrogens with zero attached hydrogens (tertiary/aromatic N) is 1. The Hall–Kier alpha value is -2.59. The lowest BCUT2D eigenvalue weighted by atomic mass is 9.96. The van der Waals surface area contributed by atoms with E-state index in [1.807, 2.05) is 30.3 Å². The molecule has 0 aliphatic carbocycles. The van der Waals surface area contributed by atoms with Gasteiger partial charge in [-0.05, 0) is 78.6 Å². The zero-order chi connectivity index (χ0) is 24.0. The highest BCUT2D eigenvalue weighted by Gasteiger charge is 2.37. The van der Waals surface area contributed by atoms with Crippen molar-refractivity contribution in [3.63, 3.8) is 0 Å². The lowest BCUT2D eigenvalue weighted by Crippen LogP contribution is -2.37. The van der Waals surface area contributed by atoms with E-state index in [2.05, 4.69) is 51.2 Å². The van der Waals surface area contributed by atoms with E-state index in [0.29, 0.717) is 36.9 Å². The monoisotopic (exact) mass is 466 g/mol. The third-order valence-electron chi connectivity index (χ3n) is 6.31. The number of aryl methyl sites for hydroxylation is 1. The van der Waals surface area contributed by atoms with Crippen LogP contribution in [-0.4, -0.2) is 24.9 Å². The number of benzene rings is 2. The molecule has 1 saturated heterocycles. The number of carbonyl (C=O) groups excluding carboxylic acids is 2. The average Bonchev–Trinajstić information content (AvgIpc) is 3.19. The summed E-state index contributed by atoms with van der Waals surface area (Å²) in [5, 5.41) is 3.71. The number of anilines is 1. The minimum absolute atomic E-state index is 0.114. The van der Waals surface area contributed by atoms with E-state index in [1.54, 1.807) is 4.90 Å². The molecule has 0 radical (unpaired) electrons. The number of carbonyl (C=O) groups is 2. The molecule has 1 unspecified atom stereocenters. The van der Waals surface area contributed by atoms with E-state index in [-0.39, 0.29) is 11.8 Å². The Morgan fingerprint density at radius 1 is 1.21 bits per heavy atom. The van der Waals surface area contributed by atoms with Crippen molar-refractivity contribution in [1.82, 2.24) is 5.32 Å². The molecule has 1 aliphatic rings. The summed E-state index contributed by atoms with van der Waals surface area (Å²) in [5.41, 5.74) is 5.57. The molecule has 0 spiro atoms. The van der Waals surface area contributed by atoms with Crippen LogP contribution in [0.4, 0.5) is 5.69 Å². The summed E-state index contributed by atoms with van der Waals surface area (Å²) in [7, 11) is 0. The summed E-state index contributed by atoms with van der Waals surface area (Å²) < 4.78 is 0. The first-order valence-corrected chi connectivity index (χ1v) is 12.3. The number of unbranched alkanes of at least 4 members (excludes halogenated alkanes) is 1. The summed E-state index contributed by atoms with van der Waals surface area (Å²) in [5.74, 6) is -0.472. The van der Waals surface area contributed by atoms with Crippen LogP contribution in [0.2, 0.25) is 5.02 Å². The van der Waals surface area contributed by atoms with Gasteiger partial charge in [0.2, 0.25) is 11.8 Å². The standard InChI is InChI=1S/C28H35ClN2O2/c1-5-6-7-22(26-18-23(29)11-8-20(26)4)14-16-30-27(32)25-15-17-31(28(25)33)24-12-9-21(10-13-24)19(2)3/h7-13,18-19,25H,5-6,14-17H2,1-4H3,(H,30,32).